The van der Waals surface area contributed by atoms with Gasteiger partial charge in [0.1, 0.15) is 21.5 Å². The first-order chi connectivity index (χ1) is 9.02. The second kappa shape index (κ2) is 5.00. The molecule has 0 aliphatic heterocycles. The van der Waals surface area contributed by atoms with Crippen LogP contribution in [-0.2, 0) is 7.05 Å². The fraction of sp³-hybridized carbons (Fsp3) is 0.214. The number of aromatic nitrogens is 2. The van der Waals surface area contributed by atoms with E-state index in [-0.39, 0.29) is 23.7 Å². The molecule has 2 heterocycles. The molecule has 4 nitrogen and oxygen atoms in total. The van der Waals surface area contributed by atoms with Crippen LogP contribution >= 0.6 is 11.3 Å². The fourth-order valence-corrected chi connectivity index (χ4v) is 3.51. The average Bonchev–Trinajstić information content (AvgIpc) is 2.74. The summed E-state index contributed by atoms with van der Waals surface area (Å²) in [5.41, 5.74) is 1.70. The standard InChI is InChI=1S/C14H13N2O2S.ClH/c1-8-12(9(2)17)19-14-15(3)13(18)10-6-4-5-7-11(10)16(8)14;/h4-7H,1-3H3;1H/q+1;/p-1. The van der Waals surface area contributed by atoms with Crippen LogP contribution in [0.5, 0.6) is 0 Å². The predicted molar refractivity (Wildman–Crippen MR) is 75.0 cm³/mol. The molecule has 0 aliphatic carbocycles. The van der Waals surface area contributed by atoms with Gasteiger partial charge < -0.3 is 12.4 Å². The fourth-order valence-electron chi connectivity index (χ4n) is 2.40. The van der Waals surface area contributed by atoms with Gasteiger partial charge in [-0.25, -0.2) is 4.79 Å². The zero-order valence-corrected chi connectivity index (χ0v) is 12.9. The second-order valence-corrected chi connectivity index (χ2v) is 5.55. The number of rotatable bonds is 1. The van der Waals surface area contributed by atoms with Gasteiger partial charge in [0.25, 0.3) is 0 Å². The van der Waals surface area contributed by atoms with Crippen molar-refractivity contribution in [3.63, 3.8) is 0 Å². The number of carbonyl (C=O) groups is 1. The van der Waals surface area contributed by atoms with Crippen LogP contribution in [0.15, 0.2) is 29.1 Å². The molecule has 0 saturated heterocycles. The number of ketones is 1. The Morgan fingerprint density at radius 2 is 1.95 bits per heavy atom. The minimum absolute atomic E-state index is 0. The lowest BCUT2D eigenvalue weighted by Gasteiger charge is -1.99. The third-order valence-electron chi connectivity index (χ3n) is 3.34. The average molecular weight is 309 g/mol. The molecule has 0 fully saturated rings. The van der Waals surface area contributed by atoms with Crippen molar-refractivity contribution in [2.45, 2.75) is 13.8 Å². The van der Waals surface area contributed by atoms with Gasteiger partial charge in [-0.2, -0.15) is 8.97 Å². The summed E-state index contributed by atoms with van der Waals surface area (Å²) in [6.45, 7) is 3.47. The van der Waals surface area contributed by atoms with Crippen LogP contribution in [0.3, 0.4) is 0 Å². The molecule has 0 aliphatic rings. The van der Waals surface area contributed by atoms with Crippen molar-refractivity contribution >= 4 is 33.0 Å². The van der Waals surface area contributed by atoms with Crippen molar-refractivity contribution in [3.05, 3.63) is 45.2 Å². The largest absolute Gasteiger partial charge is 1.00 e. The molecule has 104 valence electrons. The van der Waals surface area contributed by atoms with E-state index in [1.807, 2.05) is 35.6 Å². The molecule has 0 radical (unpaired) electrons. The van der Waals surface area contributed by atoms with E-state index in [1.54, 1.807) is 18.5 Å². The third-order valence-corrected chi connectivity index (χ3v) is 4.76. The topological polar surface area (TPSA) is 43.2 Å². The number of fused-ring (bicyclic) bond motifs is 3. The Kier molecular flexibility index (Phi) is 3.67. The van der Waals surface area contributed by atoms with Gasteiger partial charge in [-0.05, 0) is 30.4 Å². The van der Waals surface area contributed by atoms with Gasteiger partial charge in [-0.1, -0.05) is 12.1 Å². The number of para-hydroxylation sites is 1. The molecule has 20 heavy (non-hydrogen) atoms. The normalized spacial score (nSPS) is 10.8. The lowest BCUT2D eigenvalue weighted by atomic mass is 10.2. The summed E-state index contributed by atoms with van der Waals surface area (Å²) in [5.74, 6) is 0.0303. The first-order valence-electron chi connectivity index (χ1n) is 5.96. The monoisotopic (exact) mass is 308 g/mol. The van der Waals surface area contributed by atoms with Crippen molar-refractivity contribution in [2.24, 2.45) is 7.05 Å². The van der Waals surface area contributed by atoms with E-state index in [0.717, 1.165) is 16.2 Å². The highest BCUT2D eigenvalue weighted by molar-refractivity contribution is 7.18. The van der Waals surface area contributed by atoms with E-state index in [4.69, 9.17) is 0 Å². The van der Waals surface area contributed by atoms with Crippen molar-refractivity contribution in [1.82, 2.24) is 4.57 Å². The van der Waals surface area contributed by atoms with Gasteiger partial charge in [0, 0.05) is 6.92 Å². The number of aryl methyl sites for hydroxylation is 2. The maximum Gasteiger partial charge on any atom is 0.349 e. The summed E-state index contributed by atoms with van der Waals surface area (Å²) >= 11 is 1.36. The Bertz CT molecular complexity index is 895. The third kappa shape index (κ3) is 1.85. The highest BCUT2D eigenvalue weighted by atomic mass is 35.5. The number of benzene rings is 1. The molecule has 0 atom stereocenters. The maximum absolute atomic E-state index is 12.3. The molecule has 3 rings (SSSR count). The second-order valence-electron chi connectivity index (χ2n) is 4.57. The number of thiazole rings is 1. The molecule has 0 amide bonds. The number of hydrogen-bond acceptors (Lipinski definition) is 3. The van der Waals surface area contributed by atoms with E-state index < -0.39 is 0 Å². The molecular weight excluding hydrogens is 296 g/mol. The quantitative estimate of drug-likeness (QED) is 0.421. The summed E-state index contributed by atoms with van der Waals surface area (Å²) < 4.78 is 3.59. The van der Waals surface area contributed by atoms with Crippen LogP contribution < -0.4 is 22.4 Å². The van der Waals surface area contributed by atoms with Crippen molar-refractivity contribution in [3.8, 4) is 0 Å². The van der Waals surface area contributed by atoms with Crippen molar-refractivity contribution in [2.75, 3.05) is 0 Å². The smallest absolute Gasteiger partial charge is 0.349 e. The molecule has 1 aromatic carbocycles. The molecule has 0 saturated carbocycles. The molecule has 0 spiro atoms. The number of hydrogen-bond donors (Lipinski definition) is 0. The maximum atomic E-state index is 12.3. The molecule has 0 unspecified atom stereocenters. The Morgan fingerprint density at radius 3 is 2.60 bits per heavy atom. The minimum atomic E-state index is -0.0352. The van der Waals surface area contributed by atoms with Crippen molar-refractivity contribution < 1.29 is 21.6 Å². The van der Waals surface area contributed by atoms with Crippen LogP contribution in [0.25, 0.3) is 15.9 Å². The van der Waals surface area contributed by atoms with E-state index >= 15 is 0 Å². The summed E-state index contributed by atoms with van der Waals surface area (Å²) in [7, 11) is 1.74. The number of Topliss-reactive ketones (excluding diaryl/α,β-unsaturated/α-hetero) is 1. The van der Waals surface area contributed by atoms with Gasteiger partial charge in [0.2, 0.25) is 0 Å². The van der Waals surface area contributed by atoms with Gasteiger partial charge in [0.15, 0.2) is 5.78 Å². The van der Waals surface area contributed by atoms with Gasteiger partial charge in [0.05, 0.1) is 7.05 Å². The molecule has 0 N–H and O–H groups in total. The van der Waals surface area contributed by atoms with Gasteiger partial charge >= 0.3 is 10.5 Å². The lowest BCUT2D eigenvalue weighted by molar-refractivity contribution is -0.489. The molecule has 0 bridgehead atoms. The summed E-state index contributed by atoms with van der Waals surface area (Å²) in [5, 5.41) is 0.665. The van der Waals surface area contributed by atoms with Crippen LogP contribution in [0.1, 0.15) is 22.3 Å². The van der Waals surface area contributed by atoms with Crippen LogP contribution in [0, 0.1) is 6.92 Å². The van der Waals surface area contributed by atoms with Crippen molar-refractivity contribution in [1.29, 1.82) is 0 Å². The van der Waals surface area contributed by atoms with E-state index in [9.17, 15) is 9.59 Å². The predicted octanol–water partition coefficient (Wildman–Crippen LogP) is -1.15. The summed E-state index contributed by atoms with van der Waals surface area (Å²) in [6.07, 6.45) is 0. The zero-order chi connectivity index (χ0) is 13.7. The lowest BCUT2D eigenvalue weighted by Crippen LogP contribution is -3.00. The van der Waals surface area contributed by atoms with Crippen LogP contribution in [0.4, 0.5) is 0 Å². The van der Waals surface area contributed by atoms with E-state index in [0.29, 0.717) is 10.3 Å². The summed E-state index contributed by atoms with van der Waals surface area (Å²) in [4.78, 5) is 25.5. The highest BCUT2D eigenvalue weighted by Crippen LogP contribution is 2.19. The highest BCUT2D eigenvalue weighted by Gasteiger charge is 2.24. The number of halogens is 1. The zero-order valence-electron chi connectivity index (χ0n) is 11.3. The molecular formula is C14H13ClN2O2S. The molecule has 3 aromatic rings. The number of carbonyl (C=O) groups excluding carboxylic acids is 1. The van der Waals surface area contributed by atoms with Crippen LogP contribution in [0.2, 0.25) is 0 Å². The number of nitrogens with zero attached hydrogens (tertiary/aromatic N) is 2. The van der Waals surface area contributed by atoms with E-state index in [1.165, 1.54) is 11.3 Å². The molecule has 6 heteroatoms. The van der Waals surface area contributed by atoms with E-state index in [2.05, 4.69) is 0 Å². The Balaban J connectivity index is 0.00000147. The first-order valence-corrected chi connectivity index (χ1v) is 6.78. The van der Waals surface area contributed by atoms with Gasteiger partial charge in [-0.15, -0.1) is 0 Å². The SMILES string of the molecule is CC(=O)c1sc2n(C)c(=O)c3ccccc3[n+]2c1C.[Cl-]. The molecule has 2 aromatic heterocycles. The first kappa shape index (κ1) is 14.7. The Morgan fingerprint density at radius 1 is 1.30 bits per heavy atom. The minimum Gasteiger partial charge on any atom is -1.00 e. The Hall–Kier alpha value is -1.72. The summed E-state index contributed by atoms with van der Waals surface area (Å²) in [6, 6.07) is 7.48. The van der Waals surface area contributed by atoms with Gasteiger partial charge in [-0.3, -0.25) is 4.79 Å². The Labute approximate surface area is 125 Å². The van der Waals surface area contributed by atoms with Crippen LogP contribution in [-0.4, -0.2) is 10.4 Å².